The minimum Gasteiger partial charge on any atom is -0.379 e. The first kappa shape index (κ1) is 22.1. The largest absolute Gasteiger partial charge is 0.379 e. The molecule has 1 unspecified atom stereocenters. The molecule has 2 heterocycles. The van der Waals surface area contributed by atoms with Crippen LogP contribution in [-0.4, -0.2) is 61.3 Å². The number of guanidine groups is 1. The van der Waals surface area contributed by atoms with Gasteiger partial charge in [-0.3, -0.25) is 4.90 Å². The van der Waals surface area contributed by atoms with Crippen LogP contribution in [-0.2, 0) is 11.3 Å². The summed E-state index contributed by atoms with van der Waals surface area (Å²) in [4.78, 5) is 13.2. The first-order valence-corrected chi connectivity index (χ1v) is 11.2. The fourth-order valence-electron chi connectivity index (χ4n) is 3.63. The van der Waals surface area contributed by atoms with Crippen LogP contribution in [0.25, 0.3) is 0 Å². The third kappa shape index (κ3) is 6.73. The molecule has 1 aromatic rings. The summed E-state index contributed by atoms with van der Waals surface area (Å²) >= 11 is 1.74. The summed E-state index contributed by atoms with van der Waals surface area (Å²) in [6.45, 7) is 17.0. The second-order valence-electron chi connectivity index (χ2n) is 7.12. The molecule has 1 saturated heterocycles. The fraction of sp³-hybridized carbons (Fsp3) is 0.800. The van der Waals surface area contributed by atoms with Gasteiger partial charge < -0.3 is 15.4 Å². The zero-order valence-electron chi connectivity index (χ0n) is 17.7. The van der Waals surface area contributed by atoms with E-state index in [-0.39, 0.29) is 0 Å². The smallest absolute Gasteiger partial charge is 0.191 e. The van der Waals surface area contributed by atoms with Gasteiger partial charge in [-0.05, 0) is 26.7 Å². The van der Waals surface area contributed by atoms with E-state index in [0.717, 1.165) is 56.1 Å². The summed E-state index contributed by atoms with van der Waals surface area (Å²) in [5, 5.41) is 8.05. The molecule has 1 atom stereocenters. The van der Waals surface area contributed by atoms with Gasteiger partial charge in [0.2, 0.25) is 0 Å². The van der Waals surface area contributed by atoms with Gasteiger partial charge in [-0.25, -0.2) is 9.98 Å². The molecule has 154 valence electrons. The van der Waals surface area contributed by atoms with Gasteiger partial charge in [-0.2, -0.15) is 0 Å². The predicted molar refractivity (Wildman–Crippen MR) is 115 cm³/mol. The summed E-state index contributed by atoms with van der Waals surface area (Å²) in [5.41, 5.74) is 1.12. The van der Waals surface area contributed by atoms with Crippen molar-refractivity contribution in [3.05, 3.63) is 15.6 Å². The number of nitrogens with zero attached hydrogens (tertiary/aromatic N) is 3. The number of morpholine rings is 1. The Hall–Kier alpha value is -1.18. The number of nitrogens with one attached hydrogen (secondary N) is 2. The van der Waals surface area contributed by atoms with Crippen molar-refractivity contribution in [2.75, 3.05) is 39.4 Å². The van der Waals surface area contributed by atoms with Crippen LogP contribution in [0.4, 0.5) is 0 Å². The first-order valence-electron chi connectivity index (χ1n) is 10.4. The Bertz CT molecular complexity index is 559. The van der Waals surface area contributed by atoms with Gasteiger partial charge in [0, 0.05) is 37.1 Å². The molecular weight excluding hydrogens is 358 g/mol. The molecule has 2 rings (SSSR count). The van der Waals surface area contributed by atoms with Gasteiger partial charge in [0.15, 0.2) is 5.96 Å². The molecule has 1 aromatic heterocycles. The highest BCUT2D eigenvalue weighted by Crippen LogP contribution is 2.20. The number of aliphatic imine (C=N–C) groups is 1. The summed E-state index contributed by atoms with van der Waals surface area (Å²) in [7, 11) is 0. The van der Waals surface area contributed by atoms with Crippen molar-refractivity contribution < 1.29 is 4.74 Å². The highest BCUT2D eigenvalue weighted by atomic mass is 32.1. The molecule has 0 spiro atoms. The van der Waals surface area contributed by atoms with E-state index in [1.807, 2.05) is 0 Å². The molecule has 0 aliphatic carbocycles. The Balaban J connectivity index is 2.01. The molecule has 6 nitrogen and oxygen atoms in total. The molecule has 27 heavy (non-hydrogen) atoms. The summed E-state index contributed by atoms with van der Waals surface area (Å²) in [6.07, 6.45) is 2.40. The van der Waals surface area contributed by atoms with E-state index >= 15 is 0 Å². The third-order valence-corrected chi connectivity index (χ3v) is 6.43. The predicted octanol–water partition coefficient (Wildman–Crippen LogP) is 2.95. The lowest BCUT2D eigenvalue weighted by molar-refractivity contribution is 0.00272. The van der Waals surface area contributed by atoms with Crippen molar-refractivity contribution in [3.8, 4) is 0 Å². The summed E-state index contributed by atoms with van der Waals surface area (Å²) < 4.78 is 5.56. The van der Waals surface area contributed by atoms with Crippen LogP contribution in [0.1, 0.15) is 49.2 Å². The summed E-state index contributed by atoms with van der Waals surface area (Å²) in [5.74, 6) is 1.56. The lowest BCUT2D eigenvalue weighted by atomic mass is 9.92. The lowest BCUT2D eigenvalue weighted by Crippen LogP contribution is -2.53. The van der Waals surface area contributed by atoms with Crippen LogP contribution < -0.4 is 10.6 Å². The number of hydrogen-bond donors (Lipinski definition) is 2. The average molecular weight is 396 g/mol. The van der Waals surface area contributed by atoms with E-state index in [2.05, 4.69) is 55.1 Å². The van der Waals surface area contributed by atoms with Crippen LogP contribution in [0.5, 0.6) is 0 Å². The van der Waals surface area contributed by atoms with Gasteiger partial charge in [-0.1, -0.05) is 26.7 Å². The van der Waals surface area contributed by atoms with Gasteiger partial charge >= 0.3 is 0 Å². The number of aryl methyl sites for hydroxylation is 2. The van der Waals surface area contributed by atoms with Gasteiger partial charge in [0.1, 0.15) is 5.01 Å². The zero-order chi connectivity index (χ0) is 19.6. The maximum Gasteiger partial charge on any atom is 0.191 e. The standard InChI is InChI=1S/C20H37N5OS/c1-6-17(7-2)18(25-9-11-26-12-10-25)13-22-20(21-8-3)23-14-19-24-15(4)16(5)27-19/h17-18H,6-14H2,1-5H3,(H2,21,22,23). The first-order chi connectivity index (χ1) is 13.1. The van der Waals surface area contributed by atoms with Crippen LogP contribution in [0.3, 0.4) is 0 Å². The molecule has 0 aromatic carbocycles. The SMILES string of the molecule is CCNC(=NCc1nc(C)c(C)s1)NCC(C(CC)CC)N1CCOCC1. The highest BCUT2D eigenvalue weighted by Gasteiger charge is 2.27. The fourth-order valence-corrected chi connectivity index (χ4v) is 4.49. The maximum atomic E-state index is 5.56. The molecule has 0 bridgehead atoms. The molecule has 2 N–H and O–H groups in total. The van der Waals surface area contributed by atoms with Gasteiger partial charge in [0.05, 0.1) is 25.5 Å². The van der Waals surface area contributed by atoms with E-state index in [1.54, 1.807) is 11.3 Å². The monoisotopic (exact) mass is 395 g/mol. The molecule has 1 aliphatic rings. The van der Waals surface area contributed by atoms with Crippen molar-refractivity contribution in [3.63, 3.8) is 0 Å². The molecule has 0 amide bonds. The van der Waals surface area contributed by atoms with Crippen molar-refractivity contribution in [1.29, 1.82) is 0 Å². The molecule has 1 fully saturated rings. The number of ether oxygens (including phenoxy) is 1. The average Bonchev–Trinajstić information content (AvgIpc) is 3.01. The van der Waals surface area contributed by atoms with Crippen LogP contribution in [0.15, 0.2) is 4.99 Å². The number of thiazole rings is 1. The quantitative estimate of drug-likeness (QED) is 0.497. The second kappa shape index (κ2) is 11.6. The minimum absolute atomic E-state index is 0.511. The van der Waals surface area contributed by atoms with E-state index in [0.29, 0.717) is 18.5 Å². The third-order valence-electron chi connectivity index (χ3n) is 5.38. The molecule has 0 radical (unpaired) electrons. The Kier molecular flexibility index (Phi) is 9.51. The normalized spacial score (nSPS) is 17.3. The van der Waals surface area contributed by atoms with Crippen molar-refractivity contribution in [2.24, 2.45) is 10.9 Å². The van der Waals surface area contributed by atoms with E-state index in [9.17, 15) is 0 Å². The van der Waals surface area contributed by atoms with E-state index in [1.165, 1.54) is 17.7 Å². The van der Waals surface area contributed by atoms with Gasteiger partial charge in [0.25, 0.3) is 0 Å². The molecule has 7 heteroatoms. The van der Waals surface area contributed by atoms with Crippen LogP contribution in [0, 0.1) is 19.8 Å². The zero-order valence-corrected chi connectivity index (χ0v) is 18.5. The number of aromatic nitrogens is 1. The number of hydrogen-bond acceptors (Lipinski definition) is 5. The van der Waals surface area contributed by atoms with Crippen LogP contribution in [0.2, 0.25) is 0 Å². The minimum atomic E-state index is 0.511. The maximum absolute atomic E-state index is 5.56. The van der Waals surface area contributed by atoms with Crippen molar-refractivity contribution in [1.82, 2.24) is 20.5 Å². The van der Waals surface area contributed by atoms with Crippen molar-refractivity contribution in [2.45, 2.75) is 60.0 Å². The highest BCUT2D eigenvalue weighted by molar-refractivity contribution is 7.11. The molecular formula is C20H37N5OS. The Morgan fingerprint density at radius 3 is 2.44 bits per heavy atom. The Labute approximate surface area is 168 Å². The summed E-state index contributed by atoms with van der Waals surface area (Å²) in [6, 6.07) is 0.511. The topological polar surface area (TPSA) is 61.8 Å². The van der Waals surface area contributed by atoms with E-state index in [4.69, 9.17) is 9.73 Å². The molecule has 1 aliphatic heterocycles. The van der Waals surface area contributed by atoms with Gasteiger partial charge in [-0.15, -0.1) is 11.3 Å². The Morgan fingerprint density at radius 2 is 1.89 bits per heavy atom. The van der Waals surface area contributed by atoms with Crippen LogP contribution >= 0.6 is 11.3 Å². The molecule has 0 saturated carbocycles. The second-order valence-corrected chi connectivity index (χ2v) is 8.41. The Morgan fingerprint density at radius 1 is 1.19 bits per heavy atom. The van der Waals surface area contributed by atoms with E-state index < -0.39 is 0 Å². The number of rotatable bonds is 9. The lowest BCUT2D eigenvalue weighted by Gasteiger charge is -2.39. The van der Waals surface area contributed by atoms with Crippen molar-refractivity contribution >= 4 is 17.3 Å².